The third-order valence-corrected chi connectivity index (χ3v) is 2.39. The average Bonchev–Trinajstić information content (AvgIpc) is 2.28. The van der Waals surface area contributed by atoms with Crippen molar-refractivity contribution in [2.75, 3.05) is 0 Å². The van der Waals surface area contributed by atoms with Crippen LogP contribution in [0.5, 0.6) is 0 Å². The van der Waals surface area contributed by atoms with Crippen LogP contribution < -0.4 is 11.1 Å². The van der Waals surface area contributed by atoms with Gasteiger partial charge < -0.3 is 16.2 Å². The Kier molecular flexibility index (Phi) is 3.70. The molecular weight excluding hydrogens is 236 g/mol. The zero-order valence-electron chi connectivity index (χ0n) is 10.1. The van der Waals surface area contributed by atoms with Crippen LogP contribution in [0.25, 0.3) is 0 Å². The molecule has 6 nitrogen and oxygen atoms in total. The molecule has 0 aliphatic rings. The predicted molar refractivity (Wildman–Crippen MR) is 64.1 cm³/mol. The number of nitrogens with two attached hydrogens (primary N) is 1. The Labute approximate surface area is 104 Å². The number of carbonyl (C=O) groups excluding carboxylic acids is 2. The second kappa shape index (κ2) is 4.87. The predicted octanol–water partition coefficient (Wildman–Crippen LogP) is 0.378. The molecule has 0 fully saturated rings. The minimum absolute atomic E-state index is 0.259. The molecule has 0 spiro atoms. The zero-order valence-corrected chi connectivity index (χ0v) is 10.1. The molecule has 0 saturated heterocycles. The van der Waals surface area contributed by atoms with Gasteiger partial charge in [-0.1, -0.05) is 0 Å². The maximum atomic E-state index is 11.8. The van der Waals surface area contributed by atoms with E-state index < -0.39 is 23.3 Å². The van der Waals surface area contributed by atoms with Crippen molar-refractivity contribution in [2.45, 2.75) is 19.4 Å². The molecule has 0 bridgehead atoms. The number of nitrogens with one attached hydrogen (secondary N) is 1. The number of hydrogen-bond donors (Lipinski definition) is 3. The molecule has 0 radical (unpaired) electrons. The van der Waals surface area contributed by atoms with E-state index in [1.54, 1.807) is 0 Å². The Hall–Kier alpha value is -2.37. The maximum absolute atomic E-state index is 11.8. The number of hydrogen-bond acceptors (Lipinski definition) is 3. The van der Waals surface area contributed by atoms with Crippen LogP contribution in [0, 0.1) is 0 Å². The number of rotatable bonds is 4. The summed E-state index contributed by atoms with van der Waals surface area (Å²) in [6, 6.07) is 5.64. The quantitative estimate of drug-likeness (QED) is 0.717. The number of carboxylic acids is 1. The van der Waals surface area contributed by atoms with Gasteiger partial charge >= 0.3 is 5.97 Å². The van der Waals surface area contributed by atoms with Crippen molar-refractivity contribution in [3.05, 3.63) is 35.4 Å². The van der Waals surface area contributed by atoms with Gasteiger partial charge in [-0.2, -0.15) is 0 Å². The monoisotopic (exact) mass is 250 g/mol. The molecule has 1 rings (SSSR count). The van der Waals surface area contributed by atoms with Gasteiger partial charge in [0.2, 0.25) is 5.91 Å². The topological polar surface area (TPSA) is 109 Å². The molecule has 2 amide bonds. The Morgan fingerprint density at radius 3 is 1.94 bits per heavy atom. The summed E-state index contributed by atoms with van der Waals surface area (Å²) >= 11 is 0. The number of amides is 2. The highest BCUT2D eigenvalue weighted by Gasteiger charge is 2.29. The SMILES string of the molecule is CC(C)(NC(=O)c1ccc(C(N)=O)cc1)C(=O)O. The number of benzene rings is 1. The highest BCUT2D eigenvalue weighted by atomic mass is 16.4. The lowest BCUT2D eigenvalue weighted by atomic mass is 10.0. The molecule has 0 aliphatic carbocycles. The number of carboxylic acid groups (broad SMARTS) is 1. The second-order valence-corrected chi connectivity index (χ2v) is 4.33. The highest BCUT2D eigenvalue weighted by molar-refractivity contribution is 5.99. The van der Waals surface area contributed by atoms with Gasteiger partial charge in [0, 0.05) is 11.1 Å². The number of primary amides is 1. The zero-order chi connectivity index (χ0) is 13.9. The summed E-state index contributed by atoms with van der Waals surface area (Å²) in [6.45, 7) is 2.76. The van der Waals surface area contributed by atoms with Gasteiger partial charge in [-0.05, 0) is 38.1 Å². The maximum Gasteiger partial charge on any atom is 0.328 e. The van der Waals surface area contributed by atoms with Gasteiger partial charge in [-0.3, -0.25) is 9.59 Å². The van der Waals surface area contributed by atoms with E-state index in [9.17, 15) is 14.4 Å². The summed E-state index contributed by atoms with van der Waals surface area (Å²) in [5.74, 6) is -2.25. The lowest BCUT2D eigenvalue weighted by molar-refractivity contribution is -0.143. The van der Waals surface area contributed by atoms with Gasteiger partial charge in [0.1, 0.15) is 5.54 Å². The lowest BCUT2D eigenvalue weighted by Crippen LogP contribution is -2.49. The fourth-order valence-corrected chi connectivity index (χ4v) is 1.20. The smallest absolute Gasteiger partial charge is 0.328 e. The molecular formula is C12H14N2O4. The third kappa shape index (κ3) is 3.07. The number of carbonyl (C=O) groups is 3. The summed E-state index contributed by atoms with van der Waals surface area (Å²) in [7, 11) is 0. The Morgan fingerprint density at radius 2 is 1.56 bits per heavy atom. The Bertz CT molecular complexity index is 491. The first-order valence-corrected chi connectivity index (χ1v) is 5.20. The summed E-state index contributed by atoms with van der Waals surface area (Å²) in [5.41, 5.74) is 4.24. The number of aliphatic carboxylic acids is 1. The van der Waals surface area contributed by atoms with E-state index >= 15 is 0 Å². The first-order chi connectivity index (χ1) is 8.24. The molecule has 0 atom stereocenters. The molecule has 1 aromatic carbocycles. The van der Waals surface area contributed by atoms with Crippen molar-refractivity contribution in [1.82, 2.24) is 5.32 Å². The van der Waals surface area contributed by atoms with Gasteiger partial charge in [-0.15, -0.1) is 0 Å². The van der Waals surface area contributed by atoms with E-state index in [0.29, 0.717) is 0 Å². The molecule has 18 heavy (non-hydrogen) atoms. The molecule has 96 valence electrons. The van der Waals surface area contributed by atoms with Crippen LogP contribution in [0.15, 0.2) is 24.3 Å². The molecule has 0 aromatic heterocycles. The van der Waals surface area contributed by atoms with Crippen molar-refractivity contribution in [2.24, 2.45) is 5.73 Å². The van der Waals surface area contributed by atoms with E-state index in [2.05, 4.69) is 5.32 Å². The van der Waals surface area contributed by atoms with Crippen molar-refractivity contribution >= 4 is 17.8 Å². The van der Waals surface area contributed by atoms with E-state index in [-0.39, 0.29) is 11.1 Å². The van der Waals surface area contributed by atoms with Crippen LogP contribution in [0.3, 0.4) is 0 Å². The van der Waals surface area contributed by atoms with Gasteiger partial charge in [0.25, 0.3) is 5.91 Å². The van der Waals surface area contributed by atoms with Crippen molar-refractivity contribution in [3.8, 4) is 0 Å². The first kappa shape index (κ1) is 13.7. The van der Waals surface area contributed by atoms with Gasteiger partial charge in [0.15, 0.2) is 0 Å². The first-order valence-electron chi connectivity index (χ1n) is 5.20. The molecule has 0 heterocycles. The van der Waals surface area contributed by atoms with Crippen LogP contribution in [0.1, 0.15) is 34.6 Å². The average molecular weight is 250 g/mol. The van der Waals surface area contributed by atoms with Crippen LogP contribution in [0.4, 0.5) is 0 Å². The summed E-state index contributed by atoms with van der Waals surface area (Å²) < 4.78 is 0. The largest absolute Gasteiger partial charge is 0.480 e. The van der Waals surface area contributed by atoms with Gasteiger partial charge in [-0.25, -0.2) is 4.79 Å². The van der Waals surface area contributed by atoms with Crippen LogP contribution >= 0.6 is 0 Å². The summed E-state index contributed by atoms with van der Waals surface area (Å²) in [6.07, 6.45) is 0. The molecule has 0 unspecified atom stereocenters. The van der Waals surface area contributed by atoms with Crippen molar-refractivity contribution < 1.29 is 19.5 Å². The van der Waals surface area contributed by atoms with Crippen LogP contribution in [-0.2, 0) is 4.79 Å². The van der Waals surface area contributed by atoms with Gasteiger partial charge in [0.05, 0.1) is 0 Å². The Morgan fingerprint density at radius 1 is 1.11 bits per heavy atom. The second-order valence-electron chi connectivity index (χ2n) is 4.33. The van der Waals surface area contributed by atoms with Crippen LogP contribution in [-0.4, -0.2) is 28.4 Å². The van der Waals surface area contributed by atoms with E-state index in [1.165, 1.54) is 38.1 Å². The minimum Gasteiger partial charge on any atom is -0.480 e. The lowest BCUT2D eigenvalue weighted by Gasteiger charge is -2.20. The molecule has 0 saturated carbocycles. The fraction of sp³-hybridized carbons (Fsp3) is 0.250. The fourth-order valence-electron chi connectivity index (χ4n) is 1.20. The standard InChI is InChI=1S/C12H14N2O4/c1-12(2,11(17)18)14-10(16)8-5-3-7(4-6-8)9(13)15/h3-6H,1-2H3,(H2,13,15)(H,14,16)(H,17,18). The molecule has 0 aliphatic heterocycles. The third-order valence-electron chi connectivity index (χ3n) is 2.39. The normalized spacial score (nSPS) is 10.8. The summed E-state index contributed by atoms with van der Waals surface area (Å²) in [4.78, 5) is 33.5. The minimum atomic E-state index is -1.36. The van der Waals surface area contributed by atoms with Crippen molar-refractivity contribution in [3.63, 3.8) is 0 Å². The van der Waals surface area contributed by atoms with E-state index in [1.807, 2.05) is 0 Å². The highest BCUT2D eigenvalue weighted by Crippen LogP contribution is 2.07. The Balaban J connectivity index is 2.86. The van der Waals surface area contributed by atoms with E-state index in [4.69, 9.17) is 10.8 Å². The van der Waals surface area contributed by atoms with Crippen molar-refractivity contribution in [1.29, 1.82) is 0 Å². The molecule has 6 heteroatoms. The van der Waals surface area contributed by atoms with E-state index in [0.717, 1.165) is 0 Å². The molecule has 4 N–H and O–H groups in total. The van der Waals surface area contributed by atoms with Crippen LogP contribution in [0.2, 0.25) is 0 Å². The summed E-state index contributed by atoms with van der Waals surface area (Å²) in [5, 5.41) is 11.2. The molecule has 1 aromatic rings.